The number of carbonyl (C=O) groups is 1. The summed E-state index contributed by atoms with van der Waals surface area (Å²) < 4.78 is 4.59. The second-order valence-corrected chi connectivity index (χ2v) is 8.43. The number of oxime groups is 1. The molecule has 152 valence electrons. The molecule has 0 bridgehead atoms. The van der Waals surface area contributed by atoms with Crippen LogP contribution in [-0.4, -0.2) is 36.6 Å². The van der Waals surface area contributed by atoms with Crippen molar-refractivity contribution in [1.29, 1.82) is 0 Å². The normalized spacial score (nSPS) is 24.9. The second-order valence-electron chi connectivity index (χ2n) is 8.43. The number of methoxy groups -OCH3 is 1. The Kier molecular flexibility index (Phi) is 8.08. The molecular weight excluding hydrogens is 342 g/mol. The number of allylic oxidation sites excluding steroid dienone is 3. The largest absolute Gasteiger partial charge is 0.469 e. The highest BCUT2D eigenvalue weighted by atomic mass is 16.6. The number of aliphatic hydroxyl groups excluding tert-OH is 1. The van der Waals surface area contributed by atoms with Gasteiger partial charge < -0.3 is 14.7 Å². The van der Waals surface area contributed by atoms with E-state index < -0.39 is 6.10 Å². The fourth-order valence-corrected chi connectivity index (χ4v) is 3.90. The molecule has 3 atom stereocenters. The molecule has 0 saturated heterocycles. The average molecular weight is 378 g/mol. The Bertz CT molecular complexity index is 591. The van der Waals surface area contributed by atoms with Crippen LogP contribution in [0.15, 0.2) is 29.0 Å². The molecule has 1 fully saturated rings. The van der Waals surface area contributed by atoms with E-state index in [1.807, 2.05) is 6.08 Å². The highest BCUT2D eigenvalue weighted by molar-refractivity contribution is 5.87. The minimum Gasteiger partial charge on any atom is -0.469 e. The summed E-state index contributed by atoms with van der Waals surface area (Å²) >= 11 is 0. The van der Waals surface area contributed by atoms with Crippen LogP contribution in [0.3, 0.4) is 0 Å². The Balaban J connectivity index is 1.85. The van der Waals surface area contributed by atoms with Gasteiger partial charge in [-0.2, -0.15) is 0 Å². The Hall–Kier alpha value is -1.62. The highest BCUT2D eigenvalue weighted by Crippen LogP contribution is 2.43. The zero-order valence-corrected chi connectivity index (χ0v) is 17.2. The molecule has 2 aliphatic rings. The van der Waals surface area contributed by atoms with Crippen LogP contribution in [0.25, 0.3) is 0 Å². The molecule has 0 heterocycles. The molecule has 2 rings (SSSR count). The van der Waals surface area contributed by atoms with Gasteiger partial charge in [0.1, 0.15) is 6.61 Å². The van der Waals surface area contributed by atoms with Crippen LogP contribution in [0.4, 0.5) is 0 Å². The number of hydrogen-bond acceptors (Lipinski definition) is 5. The molecule has 0 aromatic carbocycles. The lowest BCUT2D eigenvalue weighted by atomic mass is 9.81. The molecule has 2 aliphatic carbocycles. The van der Waals surface area contributed by atoms with E-state index in [0.29, 0.717) is 11.8 Å². The maximum Gasteiger partial charge on any atom is 0.309 e. The van der Waals surface area contributed by atoms with Crippen LogP contribution in [0.2, 0.25) is 0 Å². The van der Waals surface area contributed by atoms with Crippen LogP contribution >= 0.6 is 0 Å². The zero-order chi connectivity index (χ0) is 19.9. The van der Waals surface area contributed by atoms with Gasteiger partial charge in [0.05, 0.1) is 25.3 Å². The summed E-state index contributed by atoms with van der Waals surface area (Å²) in [5, 5.41) is 14.8. The summed E-state index contributed by atoms with van der Waals surface area (Å²) in [6.45, 7) is 6.71. The number of carbonyl (C=O) groups excluding carboxylic acids is 1. The smallest absolute Gasteiger partial charge is 0.309 e. The maximum absolute atomic E-state index is 11.1. The van der Waals surface area contributed by atoms with E-state index in [1.165, 1.54) is 12.7 Å². The molecule has 1 unspecified atom stereocenters. The summed E-state index contributed by atoms with van der Waals surface area (Å²) in [4.78, 5) is 16.4. The monoisotopic (exact) mass is 377 g/mol. The molecule has 0 aromatic heterocycles. The van der Waals surface area contributed by atoms with E-state index >= 15 is 0 Å². The van der Waals surface area contributed by atoms with Gasteiger partial charge in [-0.05, 0) is 48.5 Å². The van der Waals surface area contributed by atoms with E-state index in [4.69, 9.17) is 4.84 Å². The first kappa shape index (κ1) is 21.7. The summed E-state index contributed by atoms with van der Waals surface area (Å²) in [6.07, 6.45) is 12.4. The number of aliphatic hydroxyl groups is 1. The SMILES string of the molecule is CCCCC(C)(C)C(O)/C=C\C1=CC[C@@H]2C/C(=N\OCCC(=O)OC)C[C@@H]12. The molecular formula is C22H35NO4. The lowest BCUT2D eigenvalue weighted by Crippen LogP contribution is -2.27. The first-order chi connectivity index (χ1) is 12.9. The van der Waals surface area contributed by atoms with Gasteiger partial charge in [-0.25, -0.2) is 0 Å². The average Bonchev–Trinajstić information content (AvgIpc) is 3.21. The predicted octanol–water partition coefficient (Wildman–Crippen LogP) is 4.41. The van der Waals surface area contributed by atoms with Crippen molar-refractivity contribution in [3.05, 3.63) is 23.8 Å². The van der Waals surface area contributed by atoms with Crippen LogP contribution in [0, 0.1) is 17.3 Å². The molecule has 0 spiro atoms. The molecule has 5 heteroatoms. The van der Waals surface area contributed by atoms with E-state index in [9.17, 15) is 9.90 Å². The lowest BCUT2D eigenvalue weighted by molar-refractivity contribution is -0.141. The predicted molar refractivity (Wildman–Crippen MR) is 107 cm³/mol. The third kappa shape index (κ3) is 6.20. The zero-order valence-electron chi connectivity index (χ0n) is 17.2. The van der Waals surface area contributed by atoms with Gasteiger partial charge in [0.2, 0.25) is 0 Å². The van der Waals surface area contributed by atoms with E-state index in [2.05, 4.69) is 42.8 Å². The first-order valence-corrected chi connectivity index (χ1v) is 10.2. The molecule has 27 heavy (non-hydrogen) atoms. The molecule has 0 aliphatic heterocycles. The lowest BCUT2D eigenvalue weighted by Gasteiger charge is -2.28. The number of esters is 1. The number of unbranched alkanes of at least 4 members (excludes halogenated alkanes) is 1. The molecule has 5 nitrogen and oxygen atoms in total. The van der Waals surface area contributed by atoms with E-state index in [-0.39, 0.29) is 24.4 Å². The number of fused-ring (bicyclic) bond motifs is 1. The Morgan fingerprint density at radius 2 is 2.22 bits per heavy atom. The number of nitrogens with zero attached hydrogens (tertiary/aromatic N) is 1. The molecule has 1 N–H and O–H groups in total. The fraction of sp³-hybridized carbons (Fsp3) is 0.727. The van der Waals surface area contributed by atoms with Crippen molar-refractivity contribution in [3.63, 3.8) is 0 Å². The van der Waals surface area contributed by atoms with Crippen molar-refractivity contribution < 1.29 is 19.5 Å². The molecule has 0 radical (unpaired) electrons. The quantitative estimate of drug-likeness (QED) is 0.348. The van der Waals surface area contributed by atoms with Crippen molar-refractivity contribution in [2.75, 3.05) is 13.7 Å². The standard InChI is InChI=1S/C22H35NO4/c1-5-6-12-22(2,3)20(24)10-9-16-7-8-17-14-18(15-19(16)17)23-27-13-11-21(25)26-4/h7,9-10,17,19-20,24H,5-6,8,11-15H2,1-4H3/b10-9-,23-18+/t17-,19+,20?/m1/s1. The summed E-state index contributed by atoms with van der Waals surface area (Å²) in [5.74, 6) is 0.766. The third-order valence-electron chi connectivity index (χ3n) is 5.87. The first-order valence-electron chi connectivity index (χ1n) is 10.2. The third-order valence-corrected chi connectivity index (χ3v) is 5.87. The second kappa shape index (κ2) is 10.1. The van der Waals surface area contributed by atoms with Crippen LogP contribution in [0.5, 0.6) is 0 Å². The van der Waals surface area contributed by atoms with Crippen molar-refractivity contribution in [1.82, 2.24) is 0 Å². The van der Waals surface area contributed by atoms with Gasteiger partial charge in [0, 0.05) is 0 Å². The minimum absolute atomic E-state index is 0.0964. The van der Waals surface area contributed by atoms with Crippen LogP contribution in [0.1, 0.15) is 65.7 Å². The van der Waals surface area contributed by atoms with Gasteiger partial charge in [-0.1, -0.05) is 57.0 Å². The number of ether oxygens (including phenoxy) is 1. The van der Waals surface area contributed by atoms with Crippen molar-refractivity contribution in [3.8, 4) is 0 Å². The van der Waals surface area contributed by atoms with Crippen LogP contribution < -0.4 is 0 Å². The number of hydrogen-bond donors (Lipinski definition) is 1. The Labute approximate surface area is 163 Å². The van der Waals surface area contributed by atoms with Crippen molar-refractivity contribution in [2.45, 2.75) is 71.8 Å². The summed E-state index contributed by atoms with van der Waals surface area (Å²) in [5.41, 5.74) is 2.28. The van der Waals surface area contributed by atoms with Gasteiger partial charge in [0.15, 0.2) is 0 Å². The Morgan fingerprint density at radius 3 is 2.93 bits per heavy atom. The molecule has 1 saturated carbocycles. The van der Waals surface area contributed by atoms with Gasteiger partial charge in [-0.3, -0.25) is 4.79 Å². The molecule has 0 aromatic rings. The van der Waals surface area contributed by atoms with Gasteiger partial charge in [0.25, 0.3) is 0 Å². The number of rotatable bonds is 10. The Morgan fingerprint density at radius 1 is 1.44 bits per heavy atom. The maximum atomic E-state index is 11.1. The minimum atomic E-state index is -0.430. The van der Waals surface area contributed by atoms with E-state index in [1.54, 1.807) is 0 Å². The highest BCUT2D eigenvalue weighted by Gasteiger charge is 2.37. The fourth-order valence-electron chi connectivity index (χ4n) is 3.90. The van der Waals surface area contributed by atoms with Crippen molar-refractivity contribution in [2.24, 2.45) is 22.4 Å². The van der Waals surface area contributed by atoms with E-state index in [0.717, 1.165) is 44.2 Å². The molecule has 0 amide bonds. The topological polar surface area (TPSA) is 68.1 Å². The summed E-state index contributed by atoms with van der Waals surface area (Å²) in [6, 6.07) is 0. The van der Waals surface area contributed by atoms with Gasteiger partial charge in [-0.15, -0.1) is 0 Å². The van der Waals surface area contributed by atoms with Crippen LogP contribution in [-0.2, 0) is 14.4 Å². The summed E-state index contributed by atoms with van der Waals surface area (Å²) in [7, 11) is 1.37. The van der Waals surface area contributed by atoms with Crippen molar-refractivity contribution >= 4 is 11.7 Å². The van der Waals surface area contributed by atoms with Gasteiger partial charge >= 0.3 is 5.97 Å².